The molecule has 0 radical (unpaired) electrons. The van der Waals surface area contributed by atoms with Crippen LogP contribution in [0.2, 0.25) is 0 Å². The zero-order chi connectivity index (χ0) is 32.2. The van der Waals surface area contributed by atoms with Crippen molar-refractivity contribution in [2.24, 2.45) is 0 Å². The third-order valence-electron chi connectivity index (χ3n) is 8.27. The second kappa shape index (κ2) is 13.2. The second-order valence-electron chi connectivity index (χ2n) is 11.3. The molecule has 2 heterocycles. The normalized spacial score (nSPS) is 15.8. The molecule has 0 bridgehead atoms. The Morgan fingerprint density at radius 1 is 1.02 bits per heavy atom. The van der Waals surface area contributed by atoms with Crippen LogP contribution >= 0.6 is 0 Å². The molecule has 2 N–H and O–H groups in total. The zero-order valence-corrected chi connectivity index (χ0v) is 24.8. The van der Waals surface area contributed by atoms with Crippen LogP contribution < -0.4 is 9.47 Å². The lowest BCUT2D eigenvalue weighted by Crippen LogP contribution is -2.53. The SMILES string of the molecule is COc1cc(CC(=O)O)ccc1OC1CCN(CC(O)(c2cn(CCc3ccccc3)c3cc(C#N)ccc23)C(F)(F)F)CC1. The lowest BCUT2D eigenvalue weighted by molar-refractivity contribution is -0.272. The lowest BCUT2D eigenvalue weighted by Gasteiger charge is -2.39. The molecule has 1 saturated heterocycles. The molecule has 1 aliphatic heterocycles. The largest absolute Gasteiger partial charge is 0.493 e. The number of aliphatic carboxylic acids is 1. The van der Waals surface area contributed by atoms with E-state index < -0.39 is 24.3 Å². The van der Waals surface area contributed by atoms with Crippen LogP contribution in [-0.4, -0.2) is 64.7 Å². The van der Waals surface area contributed by atoms with Crippen molar-refractivity contribution in [2.75, 3.05) is 26.7 Å². The molecule has 5 rings (SSSR count). The molecule has 1 aliphatic rings. The van der Waals surface area contributed by atoms with Crippen LogP contribution in [0.4, 0.5) is 13.2 Å². The highest BCUT2D eigenvalue weighted by atomic mass is 19.4. The van der Waals surface area contributed by atoms with E-state index in [1.807, 2.05) is 30.3 Å². The predicted molar refractivity (Wildman–Crippen MR) is 161 cm³/mol. The first-order chi connectivity index (χ1) is 21.5. The van der Waals surface area contributed by atoms with Crippen LogP contribution in [0.1, 0.15) is 35.1 Å². The number of β-amino-alcohol motifs (C(OH)–C–C–N with tert-alkyl or cyclic N) is 1. The summed E-state index contributed by atoms with van der Waals surface area (Å²) in [4.78, 5) is 12.6. The predicted octanol–water partition coefficient (Wildman–Crippen LogP) is 5.68. The van der Waals surface area contributed by atoms with E-state index in [0.29, 0.717) is 53.9 Å². The minimum Gasteiger partial charge on any atom is -0.493 e. The van der Waals surface area contributed by atoms with E-state index in [2.05, 4.69) is 6.07 Å². The highest BCUT2D eigenvalue weighted by Gasteiger charge is 2.57. The Balaban J connectivity index is 1.35. The maximum Gasteiger partial charge on any atom is 0.422 e. The fourth-order valence-electron chi connectivity index (χ4n) is 5.88. The molecule has 0 aliphatic carbocycles. The molecule has 8 nitrogen and oxygen atoms in total. The van der Waals surface area contributed by atoms with Gasteiger partial charge in [0.25, 0.3) is 0 Å². The number of methoxy groups -OCH3 is 1. The zero-order valence-electron chi connectivity index (χ0n) is 24.8. The molecule has 1 fully saturated rings. The van der Waals surface area contributed by atoms with Gasteiger partial charge in [0.2, 0.25) is 5.60 Å². The summed E-state index contributed by atoms with van der Waals surface area (Å²) in [6, 6.07) is 21.0. The number of rotatable bonds is 11. The molecule has 236 valence electrons. The first kappa shape index (κ1) is 31.9. The van der Waals surface area contributed by atoms with Gasteiger partial charge in [-0.15, -0.1) is 0 Å². The number of halogens is 3. The summed E-state index contributed by atoms with van der Waals surface area (Å²) in [6.45, 7) is 0.225. The van der Waals surface area contributed by atoms with Gasteiger partial charge in [0.1, 0.15) is 6.10 Å². The minimum absolute atomic E-state index is 0.164. The number of nitrogens with zero attached hydrogens (tertiary/aromatic N) is 3. The average Bonchev–Trinajstić information content (AvgIpc) is 3.39. The Hall–Kier alpha value is -4.53. The van der Waals surface area contributed by atoms with Crippen molar-refractivity contribution in [1.82, 2.24) is 9.47 Å². The van der Waals surface area contributed by atoms with Crippen LogP contribution in [0.15, 0.2) is 72.9 Å². The Bertz CT molecular complexity index is 1690. The number of hydrogen-bond donors (Lipinski definition) is 2. The van der Waals surface area contributed by atoms with Crippen LogP contribution in [-0.2, 0) is 29.8 Å². The van der Waals surface area contributed by atoms with E-state index in [0.717, 1.165) is 5.56 Å². The number of aromatic nitrogens is 1. The number of ether oxygens (including phenoxy) is 2. The molecular weight excluding hydrogens is 587 g/mol. The van der Waals surface area contributed by atoms with Gasteiger partial charge in [-0.05, 0) is 54.7 Å². The van der Waals surface area contributed by atoms with Gasteiger partial charge in [0, 0.05) is 48.8 Å². The van der Waals surface area contributed by atoms with Crippen LogP contribution in [0, 0.1) is 11.3 Å². The fraction of sp³-hybridized carbons (Fsp3) is 0.353. The summed E-state index contributed by atoms with van der Waals surface area (Å²) in [5.41, 5.74) is -1.06. The molecule has 0 amide bonds. The number of carboxylic acids is 1. The number of alkyl halides is 3. The standard InChI is InChI=1S/C34H34F3N3O5/c1-44-31-18-24(19-32(41)42)8-10-30(31)45-26-12-14-39(15-13-26)22-33(43,34(35,36)37)28-21-40(16-11-23-5-3-2-4-6-23)29-17-25(20-38)7-9-27(28)29/h2-10,17-18,21,26,43H,11-16,19,22H2,1H3,(H,41,42). The first-order valence-corrected chi connectivity index (χ1v) is 14.6. The number of hydrogen-bond acceptors (Lipinski definition) is 6. The quantitative estimate of drug-likeness (QED) is 0.222. The van der Waals surface area contributed by atoms with Gasteiger partial charge < -0.3 is 24.3 Å². The molecule has 45 heavy (non-hydrogen) atoms. The van der Waals surface area contributed by atoms with E-state index in [-0.39, 0.29) is 36.6 Å². The van der Waals surface area contributed by atoms with E-state index in [1.165, 1.54) is 25.4 Å². The minimum atomic E-state index is -4.97. The number of aliphatic hydroxyl groups is 1. The molecule has 3 aromatic carbocycles. The summed E-state index contributed by atoms with van der Waals surface area (Å²) in [5, 5.41) is 30.3. The Kier molecular flexibility index (Phi) is 9.37. The van der Waals surface area contributed by atoms with Gasteiger partial charge in [-0.2, -0.15) is 18.4 Å². The number of fused-ring (bicyclic) bond motifs is 1. The van der Waals surface area contributed by atoms with Gasteiger partial charge in [0.15, 0.2) is 11.5 Å². The number of carboxylic acid groups (broad SMARTS) is 1. The van der Waals surface area contributed by atoms with Crippen molar-refractivity contribution in [3.05, 3.63) is 95.2 Å². The third-order valence-corrected chi connectivity index (χ3v) is 8.27. The second-order valence-corrected chi connectivity index (χ2v) is 11.3. The summed E-state index contributed by atoms with van der Waals surface area (Å²) in [6.07, 6.45) is -2.68. The van der Waals surface area contributed by atoms with E-state index in [1.54, 1.807) is 33.7 Å². The molecule has 0 spiro atoms. The summed E-state index contributed by atoms with van der Waals surface area (Å²) in [5.74, 6) is -0.164. The average molecular weight is 622 g/mol. The maximum atomic E-state index is 14.8. The van der Waals surface area contributed by atoms with Crippen molar-refractivity contribution >= 4 is 16.9 Å². The van der Waals surface area contributed by atoms with Gasteiger partial charge in [0.05, 0.1) is 25.2 Å². The Morgan fingerprint density at radius 2 is 1.76 bits per heavy atom. The summed E-state index contributed by atoms with van der Waals surface area (Å²) in [7, 11) is 1.45. The molecule has 1 unspecified atom stereocenters. The van der Waals surface area contributed by atoms with E-state index in [9.17, 15) is 28.3 Å². The van der Waals surface area contributed by atoms with Crippen molar-refractivity contribution in [2.45, 2.75) is 50.1 Å². The monoisotopic (exact) mass is 621 g/mol. The molecule has 4 aromatic rings. The van der Waals surface area contributed by atoms with Crippen molar-refractivity contribution in [3.8, 4) is 17.6 Å². The summed E-state index contributed by atoms with van der Waals surface area (Å²) < 4.78 is 57.6. The molecule has 1 atom stereocenters. The number of likely N-dealkylation sites (tertiary alicyclic amines) is 1. The first-order valence-electron chi connectivity index (χ1n) is 14.6. The molecule has 11 heteroatoms. The Labute approximate surface area is 258 Å². The molecular formula is C34H34F3N3O5. The molecule has 1 aromatic heterocycles. The smallest absolute Gasteiger partial charge is 0.422 e. The number of aryl methyl sites for hydroxylation is 2. The molecule has 0 saturated carbocycles. The highest BCUT2D eigenvalue weighted by molar-refractivity contribution is 5.86. The van der Waals surface area contributed by atoms with Gasteiger partial charge >= 0.3 is 12.1 Å². The highest BCUT2D eigenvalue weighted by Crippen LogP contribution is 2.44. The van der Waals surface area contributed by atoms with Crippen LogP contribution in [0.3, 0.4) is 0 Å². The number of piperidine rings is 1. The Morgan fingerprint density at radius 3 is 2.40 bits per heavy atom. The summed E-state index contributed by atoms with van der Waals surface area (Å²) >= 11 is 0. The van der Waals surface area contributed by atoms with Crippen molar-refractivity contribution in [3.63, 3.8) is 0 Å². The van der Waals surface area contributed by atoms with Crippen LogP contribution in [0.25, 0.3) is 10.9 Å². The van der Waals surface area contributed by atoms with Crippen molar-refractivity contribution < 1.29 is 37.7 Å². The van der Waals surface area contributed by atoms with E-state index in [4.69, 9.17) is 14.6 Å². The lowest BCUT2D eigenvalue weighted by atomic mass is 9.90. The van der Waals surface area contributed by atoms with E-state index >= 15 is 0 Å². The topological polar surface area (TPSA) is 108 Å². The van der Waals surface area contributed by atoms with Crippen LogP contribution in [0.5, 0.6) is 11.5 Å². The van der Waals surface area contributed by atoms with Gasteiger partial charge in [-0.1, -0.05) is 42.5 Å². The third kappa shape index (κ3) is 7.08. The maximum absolute atomic E-state index is 14.8. The van der Waals surface area contributed by atoms with Gasteiger partial charge in [-0.25, -0.2) is 0 Å². The van der Waals surface area contributed by atoms with Crippen molar-refractivity contribution in [1.29, 1.82) is 5.26 Å². The van der Waals surface area contributed by atoms with Gasteiger partial charge in [-0.3, -0.25) is 9.69 Å². The number of benzene rings is 3. The number of nitriles is 1. The number of carbonyl (C=O) groups is 1. The fourth-order valence-corrected chi connectivity index (χ4v) is 5.88.